The van der Waals surface area contributed by atoms with Crippen LogP contribution in [-0.4, -0.2) is 37.1 Å². The molecule has 0 spiro atoms. The van der Waals surface area contributed by atoms with E-state index >= 15 is 0 Å². The molecule has 0 aliphatic rings. The van der Waals surface area contributed by atoms with Gasteiger partial charge in [-0.3, -0.25) is 4.79 Å². The highest BCUT2D eigenvalue weighted by molar-refractivity contribution is 5.87. The van der Waals surface area contributed by atoms with E-state index in [1.54, 1.807) is 0 Å². The van der Waals surface area contributed by atoms with Crippen molar-refractivity contribution in [3.63, 3.8) is 0 Å². The summed E-state index contributed by atoms with van der Waals surface area (Å²) in [5.41, 5.74) is 3.45. The van der Waals surface area contributed by atoms with Crippen LogP contribution in [0.4, 0.5) is 0 Å². The summed E-state index contributed by atoms with van der Waals surface area (Å²) in [5, 5.41) is 0. The molecule has 0 atom stereocenters. The van der Waals surface area contributed by atoms with E-state index in [2.05, 4.69) is 32.6 Å². The Bertz CT molecular complexity index is 654. The minimum Gasteiger partial charge on any atom is -0.463 e. The number of benzene rings is 2. The van der Waals surface area contributed by atoms with Crippen molar-refractivity contribution in [1.82, 2.24) is 4.90 Å². The number of hydrogen-bond acceptors (Lipinski definition) is 3. The highest BCUT2D eigenvalue weighted by Crippen LogP contribution is 2.34. The number of carbonyl (C=O) groups is 1. The van der Waals surface area contributed by atoms with Crippen LogP contribution in [-0.2, 0) is 14.9 Å². The molecular formula is C23H31NO2. The third-order valence-corrected chi connectivity index (χ3v) is 5.20. The van der Waals surface area contributed by atoms with Gasteiger partial charge in [-0.1, -0.05) is 73.5 Å². The number of esters is 1. The molecule has 0 heterocycles. The summed E-state index contributed by atoms with van der Waals surface area (Å²) in [5.74, 6) is -0.197. The van der Waals surface area contributed by atoms with Crippen LogP contribution in [0.5, 0.6) is 0 Å². The van der Waals surface area contributed by atoms with Gasteiger partial charge in [-0.25, -0.2) is 0 Å². The van der Waals surface area contributed by atoms with E-state index in [1.807, 2.05) is 55.5 Å². The Balaban J connectivity index is 2.29. The van der Waals surface area contributed by atoms with Gasteiger partial charge in [0.1, 0.15) is 12.0 Å². The van der Waals surface area contributed by atoms with Crippen LogP contribution in [0.3, 0.4) is 0 Å². The standard InChI is InChI=1S/C23H31NO2/c1-6-24(7-2)16-17-26-22(25)23(5,20-12-8-18(3)9-13-20)21-14-10-19(4)11-15-21/h8-15H,6-7,16-17H2,1-5H3. The number of hydrogen-bond donors (Lipinski definition) is 0. The maximum atomic E-state index is 13.2. The summed E-state index contributed by atoms with van der Waals surface area (Å²) in [6, 6.07) is 16.3. The van der Waals surface area contributed by atoms with Crippen molar-refractivity contribution in [3.8, 4) is 0 Å². The molecule has 0 aliphatic heterocycles. The third kappa shape index (κ3) is 4.53. The summed E-state index contributed by atoms with van der Waals surface area (Å²) < 4.78 is 5.73. The zero-order valence-corrected chi connectivity index (χ0v) is 16.7. The highest BCUT2D eigenvalue weighted by atomic mass is 16.5. The van der Waals surface area contributed by atoms with E-state index in [0.717, 1.165) is 30.8 Å². The molecule has 2 aromatic carbocycles. The first-order valence-electron chi connectivity index (χ1n) is 9.45. The van der Waals surface area contributed by atoms with Crippen LogP contribution < -0.4 is 0 Å². The van der Waals surface area contributed by atoms with E-state index in [9.17, 15) is 4.79 Å². The van der Waals surface area contributed by atoms with Crippen molar-refractivity contribution in [2.75, 3.05) is 26.2 Å². The SMILES string of the molecule is CCN(CC)CCOC(=O)C(C)(c1ccc(C)cc1)c1ccc(C)cc1. The van der Waals surface area contributed by atoms with Crippen molar-refractivity contribution < 1.29 is 9.53 Å². The third-order valence-electron chi connectivity index (χ3n) is 5.20. The zero-order chi connectivity index (χ0) is 19.2. The van der Waals surface area contributed by atoms with Crippen molar-refractivity contribution in [3.05, 3.63) is 70.8 Å². The molecule has 0 aliphatic carbocycles. The van der Waals surface area contributed by atoms with Crippen molar-refractivity contribution >= 4 is 5.97 Å². The van der Waals surface area contributed by atoms with Crippen LogP contribution in [0.15, 0.2) is 48.5 Å². The number of carbonyl (C=O) groups excluding carboxylic acids is 1. The van der Waals surface area contributed by atoms with Gasteiger partial charge in [0.15, 0.2) is 0 Å². The second-order valence-electron chi connectivity index (χ2n) is 7.02. The summed E-state index contributed by atoms with van der Waals surface area (Å²) in [6.07, 6.45) is 0. The second kappa shape index (κ2) is 9.00. The van der Waals surface area contributed by atoms with Crippen LogP contribution in [0.25, 0.3) is 0 Å². The quantitative estimate of drug-likeness (QED) is 0.655. The second-order valence-corrected chi connectivity index (χ2v) is 7.02. The van der Waals surface area contributed by atoms with E-state index < -0.39 is 5.41 Å². The molecule has 26 heavy (non-hydrogen) atoms. The molecule has 0 fully saturated rings. The van der Waals surface area contributed by atoms with Gasteiger partial charge in [-0.05, 0) is 45.0 Å². The van der Waals surface area contributed by atoms with Crippen molar-refractivity contribution in [2.45, 2.75) is 40.0 Å². The number of ether oxygens (including phenoxy) is 1. The molecule has 0 radical (unpaired) electrons. The molecule has 0 saturated carbocycles. The van der Waals surface area contributed by atoms with Gasteiger partial charge in [0.2, 0.25) is 0 Å². The average Bonchev–Trinajstić information content (AvgIpc) is 2.65. The Hall–Kier alpha value is -2.13. The minimum absolute atomic E-state index is 0.197. The fourth-order valence-corrected chi connectivity index (χ4v) is 3.13. The van der Waals surface area contributed by atoms with Gasteiger partial charge in [0, 0.05) is 6.54 Å². The largest absolute Gasteiger partial charge is 0.463 e. The summed E-state index contributed by atoms with van der Waals surface area (Å²) >= 11 is 0. The maximum Gasteiger partial charge on any atom is 0.320 e. The van der Waals surface area contributed by atoms with Gasteiger partial charge in [0.25, 0.3) is 0 Å². The zero-order valence-electron chi connectivity index (χ0n) is 16.7. The molecule has 3 nitrogen and oxygen atoms in total. The van der Waals surface area contributed by atoms with E-state index in [-0.39, 0.29) is 5.97 Å². The summed E-state index contributed by atoms with van der Waals surface area (Å²) in [4.78, 5) is 15.4. The fourth-order valence-electron chi connectivity index (χ4n) is 3.13. The molecule has 0 saturated heterocycles. The normalized spacial score (nSPS) is 11.6. The number of rotatable bonds is 8. The lowest BCUT2D eigenvalue weighted by molar-refractivity contribution is -0.148. The van der Waals surface area contributed by atoms with Crippen LogP contribution >= 0.6 is 0 Å². The van der Waals surface area contributed by atoms with Crippen molar-refractivity contribution in [2.24, 2.45) is 0 Å². The van der Waals surface area contributed by atoms with Gasteiger partial charge in [0.05, 0.1) is 0 Å². The average molecular weight is 354 g/mol. The van der Waals surface area contributed by atoms with Gasteiger partial charge in [-0.15, -0.1) is 0 Å². The van der Waals surface area contributed by atoms with Gasteiger partial charge >= 0.3 is 5.97 Å². The molecule has 0 amide bonds. The molecule has 2 aromatic rings. The molecule has 0 N–H and O–H groups in total. The Morgan fingerprint density at radius 2 is 1.31 bits per heavy atom. The lowest BCUT2D eigenvalue weighted by Gasteiger charge is -2.29. The molecule has 3 heteroatoms. The summed E-state index contributed by atoms with van der Waals surface area (Å²) in [7, 11) is 0. The minimum atomic E-state index is -0.815. The maximum absolute atomic E-state index is 13.2. The number of nitrogens with zero attached hydrogens (tertiary/aromatic N) is 1. The summed E-state index contributed by atoms with van der Waals surface area (Å²) in [6.45, 7) is 13.4. The Kier molecular flexibility index (Phi) is 6.98. The number of likely N-dealkylation sites (N-methyl/N-ethyl adjacent to an activating group) is 1. The molecule has 0 aromatic heterocycles. The predicted octanol–water partition coefficient (Wildman–Crippen LogP) is 4.49. The first-order valence-corrected chi connectivity index (χ1v) is 9.45. The first kappa shape index (κ1) is 20.2. The Morgan fingerprint density at radius 3 is 1.69 bits per heavy atom. The Labute approximate surface area is 158 Å². The fraction of sp³-hybridized carbons (Fsp3) is 0.435. The van der Waals surface area contributed by atoms with Crippen LogP contribution in [0.1, 0.15) is 43.0 Å². The van der Waals surface area contributed by atoms with Crippen molar-refractivity contribution in [1.29, 1.82) is 0 Å². The molecular weight excluding hydrogens is 322 g/mol. The molecule has 0 bridgehead atoms. The highest BCUT2D eigenvalue weighted by Gasteiger charge is 2.38. The van der Waals surface area contributed by atoms with Crippen LogP contribution in [0, 0.1) is 13.8 Å². The first-order chi connectivity index (χ1) is 12.4. The lowest BCUT2D eigenvalue weighted by Crippen LogP contribution is -2.37. The lowest BCUT2D eigenvalue weighted by atomic mass is 9.76. The van der Waals surface area contributed by atoms with Crippen LogP contribution in [0.2, 0.25) is 0 Å². The van der Waals surface area contributed by atoms with Gasteiger partial charge < -0.3 is 9.64 Å². The van der Waals surface area contributed by atoms with Gasteiger partial charge in [-0.2, -0.15) is 0 Å². The molecule has 0 unspecified atom stereocenters. The monoisotopic (exact) mass is 353 g/mol. The topological polar surface area (TPSA) is 29.5 Å². The van der Waals surface area contributed by atoms with E-state index in [4.69, 9.17) is 4.74 Å². The molecule has 2 rings (SSSR count). The Morgan fingerprint density at radius 1 is 0.885 bits per heavy atom. The molecule has 140 valence electrons. The smallest absolute Gasteiger partial charge is 0.320 e. The van der Waals surface area contributed by atoms with E-state index in [0.29, 0.717) is 6.61 Å². The number of aryl methyl sites for hydroxylation is 2. The predicted molar refractivity (Wildman–Crippen MR) is 108 cm³/mol. The van der Waals surface area contributed by atoms with E-state index in [1.165, 1.54) is 11.1 Å².